The second kappa shape index (κ2) is 48.8. The lowest BCUT2D eigenvalue weighted by atomic mass is 9.88. The van der Waals surface area contributed by atoms with Crippen molar-refractivity contribution < 1.29 is 140 Å². The summed E-state index contributed by atoms with van der Waals surface area (Å²) in [6.07, 6.45) is -20.5. The van der Waals surface area contributed by atoms with Crippen LogP contribution in [-0.4, -0.2) is 223 Å². The summed E-state index contributed by atoms with van der Waals surface area (Å²) in [6.45, 7) is 19.4. The van der Waals surface area contributed by atoms with Crippen LogP contribution >= 0.6 is 68.2 Å². The first-order chi connectivity index (χ1) is 68.3. The van der Waals surface area contributed by atoms with Gasteiger partial charge in [0, 0.05) is 111 Å². The number of nitrogens with one attached hydrogen (secondary N) is 5. The third kappa shape index (κ3) is 34.1. The van der Waals surface area contributed by atoms with E-state index in [1.165, 1.54) is 86.9 Å². The standard InChI is InChI=1S/2C19H22F3N3O3.C18H15ClF3N3O3S2.C14H14F3N3O.C11H19N3O2.C8H4ClF3O.C4H2Cl2O2S2.CH4O/c1-17(2,3)28-16(27)25-9-7-18(8-10-25)15(26)23-14(24-18)12-5-4-6-13(11-12)19(20,21)22;1-17(2,3)28-16(27)25-9-7-18(12-23,8-10-25)24-15(26)13-5-4-6-14(11-13)19(20,21)22;19-13-4-5-14(29-13)30(27,28)25-8-6-17(7-9-25)16(26)23-15(24-17)11-2-1-3-12(10-11)18(20,21)22;15-14(16,17)10-3-1-2-9(8-10)11-19-12(21)13(20-11)4-6-18-7-5-13;1-10(2,3)16-9(15)14-6-4-11(13,8-12)5-7-14;9-7(13)5-2-1-3-6(4-5)8(10,11)12;5-3-1-2-4(9-3)10(6,7)8;1-2/h4-6,11H,7-10H2,1-3H3,(H,23,24,26);4-6,11H,7-10H2,1-3H3,(H,24,26);1-5,10H,6-9H2,(H,23,24,26);1-3,8,18H,4-7H2,(H,19,20,21);4-7,13H2,1-3H3;1-4H;1-2H;2H,1H3. The maximum atomic E-state index is 13.0. The van der Waals surface area contributed by atoms with Crippen LogP contribution in [0.15, 0.2) is 169 Å². The highest BCUT2D eigenvalue weighted by atomic mass is 35.7. The van der Waals surface area contributed by atoms with E-state index >= 15 is 0 Å². The highest BCUT2D eigenvalue weighted by Crippen LogP contribution is 2.42. The van der Waals surface area contributed by atoms with Crippen molar-refractivity contribution in [3.63, 3.8) is 0 Å². The molecule has 54 heteroatoms. The zero-order valence-corrected chi connectivity index (χ0v) is 86.8. The Morgan fingerprint density at radius 1 is 0.432 bits per heavy atom. The van der Waals surface area contributed by atoms with Crippen molar-refractivity contribution >= 4 is 152 Å². The number of aliphatic hydroxyl groups excluding tert-OH is 1. The molecule has 8 aliphatic heterocycles. The van der Waals surface area contributed by atoms with Gasteiger partial charge >= 0.3 is 49.2 Å². The molecule has 5 fully saturated rings. The zero-order valence-electron chi connectivity index (χ0n) is 80.5. The molecule has 7 amide bonds. The number of benzene rings is 5. The molecular weight excluding hydrogens is 2150 g/mol. The molecule has 0 saturated carbocycles. The number of thiophene rings is 2. The van der Waals surface area contributed by atoms with Gasteiger partial charge in [0.25, 0.3) is 47.9 Å². The summed E-state index contributed by atoms with van der Waals surface area (Å²) in [5.41, 5.74) is -4.97. The minimum atomic E-state index is -4.57. The van der Waals surface area contributed by atoms with Crippen LogP contribution in [-0.2, 0) is 78.5 Å². The number of likely N-dealkylation sites (tertiary alicyclic amines) is 3. The molecule has 0 unspecified atom stereocenters. The summed E-state index contributed by atoms with van der Waals surface area (Å²) in [6, 6.07) is 32.0. The molecule has 15 rings (SSSR count). The topological polar surface area (TPSA) is 437 Å². The third-order valence-corrected chi connectivity index (χ3v) is 29.9. The SMILES string of the molecule is CC(C)(C)OC(=O)N1CCC(C#N)(NC(=O)c2cccc(C(F)(F)F)c2)CC1.CC(C)(C)OC(=O)N1CCC(N)(C#N)CC1.CC(C)(C)OC(=O)N1CCC2(CC1)N=C(c1cccc(C(F)(F)F)c1)NC2=O.CO.O=C(Cl)c1cccc(C(F)(F)F)c1.O=C1NC(c2cccc(C(F)(F)F)c2)=NC12CCN(S(=O)(=O)c1ccc(Cl)s1)CC2.O=C1NC(c2cccc(C(F)(F)F)c2)=NC12CCNCC2.O=S(=O)(Cl)c1ccc(Cl)s1. The molecule has 0 atom stereocenters. The van der Waals surface area contributed by atoms with Crippen LogP contribution in [0.4, 0.5) is 80.2 Å². The fourth-order valence-corrected chi connectivity index (χ4v) is 20.4. The number of hydrogen-bond acceptors (Lipinski definition) is 25. The summed E-state index contributed by atoms with van der Waals surface area (Å²) in [5, 5.41) is 38.0. The number of amides is 7. The Bertz CT molecular complexity index is 6390. The first-order valence-corrected chi connectivity index (χ1v) is 51.2. The molecular formula is C94H102Cl4F15N15O16S4. The Kier molecular flexibility index (Phi) is 40.2. The smallest absolute Gasteiger partial charge is 0.416 e. The van der Waals surface area contributed by atoms with Gasteiger partial charge in [0.1, 0.15) is 70.4 Å². The fraction of sp³-hybridized carbons (Fsp3) is 0.457. The monoisotopic (exact) mass is 2250 g/mol. The van der Waals surface area contributed by atoms with Gasteiger partial charge in [0.15, 0.2) is 0 Å². The van der Waals surface area contributed by atoms with E-state index < -0.39 is 152 Å². The fourth-order valence-electron chi connectivity index (χ4n) is 15.0. The van der Waals surface area contributed by atoms with Gasteiger partial charge in [-0.3, -0.25) is 38.9 Å². The summed E-state index contributed by atoms with van der Waals surface area (Å²) in [4.78, 5) is 114. The first kappa shape index (κ1) is 122. The summed E-state index contributed by atoms with van der Waals surface area (Å²) < 4.78 is 255. The number of nitrogens with two attached hydrogens (primary N) is 1. The van der Waals surface area contributed by atoms with Crippen LogP contribution in [0.1, 0.15) is 192 Å². The number of sulfonamides is 1. The minimum Gasteiger partial charge on any atom is -0.444 e. The number of aliphatic hydroxyl groups is 1. The van der Waals surface area contributed by atoms with E-state index in [9.17, 15) is 126 Å². The Balaban J connectivity index is 0.000000215. The van der Waals surface area contributed by atoms with Crippen LogP contribution in [0.3, 0.4) is 0 Å². The predicted octanol–water partition coefficient (Wildman–Crippen LogP) is 18.6. The van der Waals surface area contributed by atoms with Crippen LogP contribution in [0.5, 0.6) is 0 Å². The lowest BCUT2D eigenvalue weighted by molar-refractivity contribution is -0.138. The number of carbonyl (C=O) groups is 8. The molecule has 5 aromatic carbocycles. The molecule has 806 valence electrons. The van der Waals surface area contributed by atoms with Crippen molar-refractivity contribution in [3.05, 3.63) is 210 Å². The molecule has 8 aliphatic rings. The van der Waals surface area contributed by atoms with E-state index in [2.05, 4.69) is 47.6 Å². The number of amidine groups is 3. The van der Waals surface area contributed by atoms with Gasteiger partial charge in [-0.05, 0) is 229 Å². The lowest BCUT2D eigenvalue weighted by Gasteiger charge is -2.38. The zero-order chi connectivity index (χ0) is 111. The van der Waals surface area contributed by atoms with Gasteiger partial charge in [-0.25, -0.2) is 31.2 Å². The maximum Gasteiger partial charge on any atom is 0.416 e. The second-order valence-electron chi connectivity index (χ2n) is 37.0. The molecule has 148 heavy (non-hydrogen) atoms. The molecule has 10 heterocycles. The van der Waals surface area contributed by atoms with E-state index in [1.807, 2.05) is 26.8 Å². The molecule has 8 N–H and O–H groups in total. The number of piperidine rings is 5. The van der Waals surface area contributed by atoms with Gasteiger partial charge in [0.05, 0.1) is 48.6 Å². The van der Waals surface area contributed by atoms with Crippen LogP contribution in [0.2, 0.25) is 8.67 Å². The Labute approximate surface area is 868 Å². The molecule has 7 aromatic rings. The van der Waals surface area contributed by atoms with Crippen molar-refractivity contribution in [2.45, 2.75) is 210 Å². The maximum absolute atomic E-state index is 13.0. The number of rotatable bonds is 9. The van der Waals surface area contributed by atoms with Crippen LogP contribution in [0.25, 0.3) is 0 Å². The Morgan fingerprint density at radius 2 is 0.730 bits per heavy atom. The number of hydrogen-bond donors (Lipinski definition) is 7. The number of ether oxygens (including phenoxy) is 3. The first-order valence-electron chi connectivity index (χ1n) is 44.6. The number of aliphatic imine (C=N–C) groups is 3. The lowest BCUT2D eigenvalue weighted by Crippen LogP contribution is -2.55. The predicted molar refractivity (Wildman–Crippen MR) is 519 cm³/mol. The largest absolute Gasteiger partial charge is 0.444 e. The van der Waals surface area contributed by atoms with Crippen LogP contribution in [0, 0.1) is 22.7 Å². The van der Waals surface area contributed by atoms with Crippen LogP contribution < -0.4 is 32.3 Å². The third-order valence-electron chi connectivity index (χ3n) is 22.7. The second-order valence-corrected chi connectivity index (χ2v) is 45.8. The van der Waals surface area contributed by atoms with E-state index in [4.69, 9.17) is 75.8 Å². The minimum absolute atomic E-state index is 0.0602. The number of nitrogens with zero attached hydrogens (tertiary/aromatic N) is 9. The van der Waals surface area contributed by atoms with E-state index in [0.717, 1.165) is 103 Å². The molecule has 31 nitrogen and oxygen atoms in total. The van der Waals surface area contributed by atoms with E-state index in [0.29, 0.717) is 60.5 Å². The quantitative estimate of drug-likeness (QED) is 0.0401. The summed E-state index contributed by atoms with van der Waals surface area (Å²) in [5.74, 6) is -1.37. The molecule has 5 saturated heterocycles. The van der Waals surface area contributed by atoms with Crippen molar-refractivity contribution in [1.82, 2.24) is 45.6 Å². The number of carbonyl (C=O) groups excluding carboxylic acids is 8. The molecule has 3 spiro atoms. The highest BCUT2D eigenvalue weighted by molar-refractivity contribution is 8.15. The summed E-state index contributed by atoms with van der Waals surface area (Å²) >= 11 is 18.2. The van der Waals surface area contributed by atoms with Crippen molar-refractivity contribution in [3.8, 4) is 12.1 Å². The average Bonchev–Trinajstić information content (AvgIpc) is 1.60. The van der Waals surface area contributed by atoms with E-state index in [1.54, 1.807) is 46.4 Å². The van der Waals surface area contributed by atoms with Gasteiger partial charge in [-0.2, -0.15) is 80.7 Å². The molecule has 2 aromatic heterocycles. The number of halogens is 19. The molecule has 0 radical (unpaired) electrons. The summed E-state index contributed by atoms with van der Waals surface area (Å²) in [7, 11) is -1.31. The van der Waals surface area contributed by atoms with Gasteiger partial charge in [-0.15, -0.1) is 22.7 Å². The van der Waals surface area contributed by atoms with Crippen molar-refractivity contribution in [2.75, 3.05) is 72.6 Å². The molecule has 0 bridgehead atoms. The number of nitriles is 2. The van der Waals surface area contributed by atoms with Gasteiger partial charge < -0.3 is 66.3 Å². The average molecular weight is 2250 g/mol. The van der Waals surface area contributed by atoms with E-state index in [-0.39, 0.29) is 149 Å². The van der Waals surface area contributed by atoms with Gasteiger partial charge in [0.2, 0.25) is 0 Å². The highest BCUT2D eigenvalue weighted by Gasteiger charge is 2.52. The number of alkyl halides is 15. The van der Waals surface area contributed by atoms with Crippen molar-refractivity contribution in [2.24, 2.45) is 20.7 Å². The normalized spacial score (nSPS) is 17.9. The Morgan fingerprint density at radius 3 is 1.03 bits per heavy atom. The molecule has 0 aliphatic carbocycles. The van der Waals surface area contributed by atoms with Crippen molar-refractivity contribution in [1.29, 1.82) is 10.5 Å². The van der Waals surface area contributed by atoms with Gasteiger partial charge in [-0.1, -0.05) is 77.8 Å². The Hall–Kier alpha value is -11.3.